The van der Waals surface area contributed by atoms with Gasteiger partial charge in [0.1, 0.15) is 11.6 Å². The monoisotopic (exact) mass is 587 g/mol. The quantitative estimate of drug-likeness (QED) is 0.206. The Balaban J connectivity index is 1.45. The number of benzene rings is 6. The molecule has 0 radical (unpaired) electrons. The average molecular weight is 588 g/mol. The van der Waals surface area contributed by atoms with Crippen LogP contribution < -0.4 is 0 Å². The van der Waals surface area contributed by atoms with Crippen LogP contribution in [0.15, 0.2) is 152 Å². The van der Waals surface area contributed by atoms with Gasteiger partial charge in [0.05, 0.1) is 27.8 Å². The van der Waals surface area contributed by atoms with Crippen molar-refractivity contribution in [2.24, 2.45) is 0 Å². The summed E-state index contributed by atoms with van der Waals surface area (Å²) in [6.07, 6.45) is 0. The van der Waals surface area contributed by atoms with Crippen LogP contribution >= 0.6 is 0 Å². The van der Waals surface area contributed by atoms with Crippen LogP contribution in [0.3, 0.4) is 0 Å². The highest BCUT2D eigenvalue weighted by Crippen LogP contribution is 2.43. The van der Waals surface area contributed by atoms with Gasteiger partial charge in [0, 0.05) is 38.4 Å². The van der Waals surface area contributed by atoms with E-state index in [9.17, 15) is 5.26 Å². The molecular formula is C41H25N5. The fourth-order valence-corrected chi connectivity index (χ4v) is 6.84. The molecule has 9 rings (SSSR count). The van der Waals surface area contributed by atoms with Crippen molar-refractivity contribution in [2.75, 3.05) is 0 Å². The van der Waals surface area contributed by atoms with E-state index < -0.39 is 0 Å². The summed E-state index contributed by atoms with van der Waals surface area (Å²) in [4.78, 5) is 10.2. The summed E-state index contributed by atoms with van der Waals surface area (Å²) in [5.74, 6) is 1.13. The molecule has 214 valence electrons. The van der Waals surface area contributed by atoms with Gasteiger partial charge < -0.3 is 4.57 Å². The standard InChI is InChI=1S/C41H25N5/c42-26-32-39(27-14-4-1-5-15-27)43-40(28-16-6-2-7-17-28)44-41(32)46-34-23-13-11-21-31(34)38-36(46)25-24-35-37(38)30-20-10-12-22-33(30)45(35)29-18-8-3-9-19-29/h1-25H. The molecule has 0 aliphatic heterocycles. The largest absolute Gasteiger partial charge is 0.309 e. The highest BCUT2D eigenvalue weighted by molar-refractivity contribution is 6.28. The Morgan fingerprint density at radius 1 is 0.457 bits per heavy atom. The molecule has 0 saturated heterocycles. The molecule has 5 heteroatoms. The number of aromatic nitrogens is 4. The van der Waals surface area contributed by atoms with Crippen LogP contribution in [0.4, 0.5) is 0 Å². The zero-order valence-corrected chi connectivity index (χ0v) is 24.7. The van der Waals surface area contributed by atoms with E-state index in [2.05, 4.69) is 94.1 Å². The second kappa shape index (κ2) is 10.3. The average Bonchev–Trinajstić information content (AvgIpc) is 3.65. The summed E-state index contributed by atoms with van der Waals surface area (Å²) in [6.45, 7) is 0. The maximum Gasteiger partial charge on any atom is 0.162 e. The summed E-state index contributed by atoms with van der Waals surface area (Å²) in [7, 11) is 0. The number of nitrogens with zero attached hydrogens (tertiary/aromatic N) is 5. The highest BCUT2D eigenvalue weighted by atomic mass is 15.1. The van der Waals surface area contributed by atoms with Crippen molar-refractivity contribution in [1.29, 1.82) is 5.26 Å². The third kappa shape index (κ3) is 3.81. The zero-order chi connectivity index (χ0) is 30.6. The minimum Gasteiger partial charge on any atom is -0.309 e. The molecule has 3 heterocycles. The minimum atomic E-state index is 0.431. The third-order valence-electron chi connectivity index (χ3n) is 8.78. The molecule has 0 aliphatic carbocycles. The van der Waals surface area contributed by atoms with E-state index >= 15 is 0 Å². The van der Waals surface area contributed by atoms with Crippen molar-refractivity contribution >= 4 is 43.6 Å². The molecule has 0 N–H and O–H groups in total. The molecule has 6 aromatic carbocycles. The topological polar surface area (TPSA) is 59.4 Å². The first kappa shape index (κ1) is 25.9. The molecule has 0 spiro atoms. The van der Waals surface area contributed by atoms with Gasteiger partial charge in [-0.05, 0) is 36.4 Å². The summed E-state index contributed by atoms with van der Waals surface area (Å²) in [6, 6.07) is 54.2. The Bertz CT molecular complexity index is 2630. The molecule has 3 aromatic heterocycles. The molecule has 9 aromatic rings. The molecule has 0 atom stereocenters. The SMILES string of the molecule is N#Cc1c(-c2ccccc2)nc(-c2ccccc2)nc1-n1c2ccccc2c2c3c4ccccc4n(-c4ccccc4)c3ccc21. The van der Waals surface area contributed by atoms with Crippen LogP contribution in [0.2, 0.25) is 0 Å². The van der Waals surface area contributed by atoms with Gasteiger partial charge in [-0.25, -0.2) is 9.97 Å². The van der Waals surface area contributed by atoms with Crippen molar-refractivity contribution in [3.8, 4) is 40.2 Å². The number of nitriles is 1. The first-order chi connectivity index (χ1) is 22.8. The third-order valence-corrected chi connectivity index (χ3v) is 8.78. The van der Waals surface area contributed by atoms with Gasteiger partial charge in [-0.2, -0.15) is 5.26 Å². The molecule has 0 bridgehead atoms. The van der Waals surface area contributed by atoms with Crippen molar-refractivity contribution in [3.63, 3.8) is 0 Å². The predicted octanol–water partition coefficient (Wildman–Crippen LogP) is 9.88. The minimum absolute atomic E-state index is 0.431. The van der Waals surface area contributed by atoms with E-state index in [4.69, 9.17) is 9.97 Å². The first-order valence-electron chi connectivity index (χ1n) is 15.3. The smallest absolute Gasteiger partial charge is 0.162 e. The van der Waals surface area contributed by atoms with Crippen LogP contribution in [0, 0.1) is 11.3 Å². The van der Waals surface area contributed by atoms with Crippen molar-refractivity contribution < 1.29 is 0 Å². The Morgan fingerprint density at radius 2 is 0.957 bits per heavy atom. The van der Waals surface area contributed by atoms with E-state index in [-0.39, 0.29) is 0 Å². The maximum absolute atomic E-state index is 10.8. The lowest BCUT2D eigenvalue weighted by Gasteiger charge is -2.14. The molecule has 0 unspecified atom stereocenters. The van der Waals surface area contributed by atoms with E-state index in [1.54, 1.807) is 0 Å². The molecule has 0 saturated carbocycles. The van der Waals surface area contributed by atoms with Crippen LogP contribution in [-0.2, 0) is 0 Å². The van der Waals surface area contributed by atoms with Crippen molar-refractivity contribution in [2.45, 2.75) is 0 Å². The van der Waals surface area contributed by atoms with Gasteiger partial charge in [0.2, 0.25) is 0 Å². The molecule has 46 heavy (non-hydrogen) atoms. The van der Waals surface area contributed by atoms with E-state index in [0.29, 0.717) is 22.9 Å². The Hall–Kier alpha value is -6.51. The second-order valence-corrected chi connectivity index (χ2v) is 11.3. The lowest BCUT2D eigenvalue weighted by atomic mass is 10.1. The van der Waals surface area contributed by atoms with Gasteiger partial charge in [0.15, 0.2) is 11.6 Å². The molecule has 0 aliphatic rings. The Labute approximate surface area is 264 Å². The Kier molecular flexibility index (Phi) is 5.81. The summed E-state index contributed by atoms with van der Waals surface area (Å²) >= 11 is 0. The van der Waals surface area contributed by atoms with Gasteiger partial charge >= 0.3 is 0 Å². The summed E-state index contributed by atoms with van der Waals surface area (Å²) in [5, 5.41) is 15.3. The number of hydrogen-bond donors (Lipinski definition) is 0. The van der Waals surface area contributed by atoms with Crippen LogP contribution in [-0.4, -0.2) is 19.1 Å². The fraction of sp³-hybridized carbons (Fsp3) is 0. The van der Waals surface area contributed by atoms with E-state index in [1.165, 1.54) is 10.8 Å². The van der Waals surface area contributed by atoms with Gasteiger partial charge in [0.25, 0.3) is 0 Å². The molecular weight excluding hydrogens is 562 g/mol. The van der Waals surface area contributed by atoms with Crippen LogP contribution in [0.25, 0.3) is 77.8 Å². The lowest BCUT2D eigenvalue weighted by molar-refractivity contribution is 1.04. The van der Waals surface area contributed by atoms with E-state index in [0.717, 1.165) is 49.7 Å². The maximum atomic E-state index is 10.8. The zero-order valence-electron chi connectivity index (χ0n) is 24.7. The molecule has 5 nitrogen and oxygen atoms in total. The Morgan fingerprint density at radius 3 is 1.57 bits per heavy atom. The van der Waals surface area contributed by atoms with Gasteiger partial charge in [-0.15, -0.1) is 0 Å². The first-order valence-corrected chi connectivity index (χ1v) is 15.3. The van der Waals surface area contributed by atoms with Crippen LogP contribution in [0.5, 0.6) is 0 Å². The highest BCUT2D eigenvalue weighted by Gasteiger charge is 2.24. The molecule has 0 fully saturated rings. The summed E-state index contributed by atoms with van der Waals surface area (Å²) < 4.78 is 4.49. The number of hydrogen-bond acceptors (Lipinski definition) is 3. The van der Waals surface area contributed by atoms with Gasteiger partial charge in [-0.3, -0.25) is 4.57 Å². The van der Waals surface area contributed by atoms with Crippen molar-refractivity contribution in [1.82, 2.24) is 19.1 Å². The number of fused-ring (bicyclic) bond motifs is 7. The van der Waals surface area contributed by atoms with Crippen molar-refractivity contribution in [3.05, 3.63) is 157 Å². The lowest BCUT2D eigenvalue weighted by Crippen LogP contribution is -2.07. The molecule has 0 amide bonds. The predicted molar refractivity (Wildman–Crippen MR) is 186 cm³/mol. The number of para-hydroxylation sites is 3. The van der Waals surface area contributed by atoms with Gasteiger partial charge in [-0.1, -0.05) is 115 Å². The fourth-order valence-electron chi connectivity index (χ4n) is 6.84. The second-order valence-electron chi connectivity index (χ2n) is 11.3. The number of rotatable bonds is 4. The summed E-state index contributed by atoms with van der Waals surface area (Å²) in [5.41, 5.74) is 8.15. The van der Waals surface area contributed by atoms with Crippen LogP contribution in [0.1, 0.15) is 5.56 Å². The van der Waals surface area contributed by atoms with E-state index in [1.807, 2.05) is 72.8 Å². The normalized spacial score (nSPS) is 11.5.